The van der Waals surface area contributed by atoms with Crippen molar-refractivity contribution in [3.63, 3.8) is 0 Å². The van der Waals surface area contributed by atoms with Crippen molar-refractivity contribution >= 4 is 21.9 Å². The van der Waals surface area contributed by atoms with Crippen molar-refractivity contribution in [1.82, 2.24) is 19.4 Å². The maximum absolute atomic E-state index is 4.58. The van der Waals surface area contributed by atoms with Gasteiger partial charge in [0.2, 0.25) is 0 Å². The lowest BCUT2D eigenvalue weighted by molar-refractivity contribution is 0.215. The molecule has 0 spiro atoms. The van der Waals surface area contributed by atoms with Crippen LogP contribution in [-0.2, 0) is 0 Å². The van der Waals surface area contributed by atoms with Crippen molar-refractivity contribution < 1.29 is 0 Å². The molecule has 1 fully saturated rings. The zero-order valence-electron chi connectivity index (χ0n) is 14.6. The third-order valence-electron chi connectivity index (χ3n) is 4.55. The lowest BCUT2D eigenvalue weighted by Crippen LogP contribution is -2.33. The predicted molar refractivity (Wildman–Crippen MR) is 96.9 cm³/mol. The number of imidazole rings is 1. The Kier molecular flexibility index (Phi) is 4.62. The SMILES string of the molecule is CC.Cc1ccc2ncc3ncn(C4CCCN(C)C4)c3c2c1. The van der Waals surface area contributed by atoms with Gasteiger partial charge in [0.25, 0.3) is 0 Å². The summed E-state index contributed by atoms with van der Waals surface area (Å²) in [4.78, 5) is 11.5. The lowest BCUT2D eigenvalue weighted by atomic mass is 10.1. The largest absolute Gasteiger partial charge is 0.326 e. The molecule has 0 bridgehead atoms. The first-order valence-corrected chi connectivity index (χ1v) is 8.63. The maximum atomic E-state index is 4.58. The molecule has 0 N–H and O–H groups in total. The molecule has 1 aliphatic rings. The third-order valence-corrected chi connectivity index (χ3v) is 4.55. The first-order chi connectivity index (χ1) is 11.2. The Balaban J connectivity index is 0.000000753. The number of aryl methyl sites for hydroxylation is 1. The van der Waals surface area contributed by atoms with Crippen LogP contribution >= 0.6 is 0 Å². The van der Waals surface area contributed by atoms with Gasteiger partial charge in [-0.05, 0) is 45.5 Å². The fraction of sp³-hybridized carbons (Fsp3) is 0.474. The van der Waals surface area contributed by atoms with Crippen LogP contribution in [0.5, 0.6) is 0 Å². The summed E-state index contributed by atoms with van der Waals surface area (Å²) in [5.41, 5.74) is 4.56. The Morgan fingerprint density at radius 3 is 2.74 bits per heavy atom. The van der Waals surface area contributed by atoms with Gasteiger partial charge in [-0.2, -0.15) is 0 Å². The topological polar surface area (TPSA) is 34.0 Å². The van der Waals surface area contributed by atoms with Crippen LogP contribution in [0, 0.1) is 6.92 Å². The number of likely N-dealkylation sites (N-methyl/N-ethyl adjacent to an activating group) is 1. The molecule has 0 radical (unpaired) electrons. The van der Waals surface area contributed by atoms with E-state index < -0.39 is 0 Å². The molecule has 1 atom stereocenters. The van der Waals surface area contributed by atoms with Crippen molar-refractivity contribution in [2.45, 2.75) is 39.7 Å². The van der Waals surface area contributed by atoms with Crippen LogP contribution in [0.25, 0.3) is 21.9 Å². The van der Waals surface area contributed by atoms with E-state index in [-0.39, 0.29) is 0 Å². The number of hydrogen-bond acceptors (Lipinski definition) is 3. The Hall–Kier alpha value is -1.94. The summed E-state index contributed by atoms with van der Waals surface area (Å²) < 4.78 is 2.37. The Morgan fingerprint density at radius 2 is 1.96 bits per heavy atom. The summed E-state index contributed by atoms with van der Waals surface area (Å²) in [6.45, 7) is 8.43. The molecule has 4 heteroatoms. The van der Waals surface area contributed by atoms with Gasteiger partial charge in [0.05, 0.1) is 23.6 Å². The Labute approximate surface area is 138 Å². The van der Waals surface area contributed by atoms with Crippen molar-refractivity contribution in [3.8, 4) is 0 Å². The van der Waals surface area contributed by atoms with Gasteiger partial charge in [-0.3, -0.25) is 4.98 Å². The van der Waals surface area contributed by atoms with E-state index in [1.807, 2.05) is 26.4 Å². The average molecular weight is 310 g/mol. The molecule has 4 nitrogen and oxygen atoms in total. The third kappa shape index (κ3) is 2.95. The van der Waals surface area contributed by atoms with Crippen molar-refractivity contribution in [1.29, 1.82) is 0 Å². The molecule has 23 heavy (non-hydrogen) atoms. The maximum Gasteiger partial charge on any atom is 0.107 e. The number of piperidine rings is 1. The molecule has 0 amide bonds. The minimum absolute atomic E-state index is 0.514. The van der Waals surface area contributed by atoms with E-state index >= 15 is 0 Å². The summed E-state index contributed by atoms with van der Waals surface area (Å²) in [5.74, 6) is 0. The number of aromatic nitrogens is 3. The van der Waals surface area contributed by atoms with Crippen molar-refractivity contribution in [2.75, 3.05) is 20.1 Å². The molecule has 1 aromatic carbocycles. The van der Waals surface area contributed by atoms with Gasteiger partial charge in [0.15, 0.2) is 0 Å². The Bertz CT molecular complexity index is 806. The minimum atomic E-state index is 0.514. The Morgan fingerprint density at radius 1 is 1.13 bits per heavy atom. The van der Waals surface area contributed by atoms with Crippen LogP contribution in [0.3, 0.4) is 0 Å². The standard InChI is InChI=1S/C17H20N4.C2H6/c1-12-5-6-15-14(8-12)17-16(9-18-15)19-11-21(17)13-4-3-7-20(2)10-13;1-2/h5-6,8-9,11,13H,3-4,7,10H2,1-2H3;1-2H3. The second-order valence-corrected chi connectivity index (χ2v) is 6.22. The number of fused-ring (bicyclic) bond motifs is 3. The monoisotopic (exact) mass is 310 g/mol. The highest BCUT2D eigenvalue weighted by molar-refractivity contribution is 6.02. The van der Waals surface area contributed by atoms with Crippen LogP contribution in [-0.4, -0.2) is 39.6 Å². The molecule has 3 heterocycles. The molecule has 0 saturated carbocycles. The van der Waals surface area contributed by atoms with Gasteiger partial charge in [-0.1, -0.05) is 25.5 Å². The zero-order chi connectivity index (χ0) is 16.4. The van der Waals surface area contributed by atoms with E-state index in [1.54, 1.807) is 0 Å². The quantitative estimate of drug-likeness (QED) is 0.676. The van der Waals surface area contributed by atoms with E-state index in [2.05, 4.69) is 51.6 Å². The highest BCUT2D eigenvalue weighted by Crippen LogP contribution is 2.29. The number of benzene rings is 1. The molecular weight excluding hydrogens is 284 g/mol. The highest BCUT2D eigenvalue weighted by Gasteiger charge is 2.21. The number of pyridine rings is 1. The van der Waals surface area contributed by atoms with Crippen LogP contribution in [0.4, 0.5) is 0 Å². The number of likely N-dealkylation sites (tertiary alicyclic amines) is 1. The first-order valence-electron chi connectivity index (χ1n) is 8.63. The summed E-state index contributed by atoms with van der Waals surface area (Å²) >= 11 is 0. The molecule has 1 unspecified atom stereocenters. The summed E-state index contributed by atoms with van der Waals surface area (Å²) in [7, 11) is 2.20. The average Bonchev–Trinajstić information content (AvgIpc) is 3.01. The van der Waals surface area contributed by atoms with Gasteiger partial charge in [-0.25, -0.2) is 4.98 Å². The number of rotatable bonds is 1. The molecule has 122 valence electrons. The van der Waals surface area contributed by atoms with Gasteiger partial charge in [0.1, 0.15) is 5.52 Å². The summed E-state index contributed by atoms with van der Waals surface area (Å²) in [6.07, 6.45) is 6.38. The molecule has 3 aromatic rings. The molecule has 2 aromatic heterocycles. The fourth-order valence-corrected chi connectivity index (χ4v) is 3.47. The molecular formula is C19H26N4. The van der Waals surface area contributed by atoms with E-state index in [0.29, 0.717) is 6.04 Å². The van der Waals surface area contributed by atoms with Gasteiger partial charge in [0, 0.05) is 18.0 Å². The molecule has 0 aliphatic carbocycles. The van der Waals surface area contributed by atoms with Crippen LogP contribution < -0.4 is 0 Å². The van der Waals surface area contributed by atoms with E-state index in [0.717, 1.165) is 17.6 Å². The van der Waals surface area contributed by atoms with E-state index in [9.17, 15) is 0 Å². The van der Waals surface area contributed by atoms with Crippen LogP contribution in [0.1, 0.15) is 38.3 Å². The normalized spacial score (nSPS) is 18.9. The smallest absolute Gasteiger partial charge is 0.107 e. The van der Waals surface area contributed by atoms with Gasteiger partial charge >= 0.3 is 0 Å². The molecule has 4 rings (SSSR count). The second kappa shape index (κ2) is 6.67. The number of hydrogen-bond donors (Lipinski definition) is 0. The van der Waals surface area contributed by atoms with Gasteiger partial charge in [-0.15, -0.1) is 0 Å². The van der Waals surface area contributed by atoms with Crippen LogP contribution in [0.2, 0.25) is 0 Å². The molecule has 1 aliphatic heterocycles. The van der Waals surface area contributed by atoms with E-state index in [4.69, 9.17) is 0 Å². The molecule has 1 saturated heterocycles. The van der Waals surface area contributed by atoms with Crippen molar-refractivity contribution in [3.05, 3.63) is 36.3 Å². The highest BCUT2D eigenvalue weighted by atomic mass is 15.2. The minimum Gasteiger partial charge on any atom is -0.326 e. The van der Waals surface area contributed by atoms with Gasteiger partial charge < -0.3 is 9.47 Å². The van der Waals surface area contributed by atoms with E-state index in [1.165, 1.54) is 35.9 Å². The summed E-state index contributed by atoms with van der Waals surface area (Å²) in [5, 5.41) is 1.22. The fourth-order valence-electron chi connectivity index (χ4n) is 3.47. The van der Waals surface area contributed by atoms with Crippen molar-refractivity contribution in [2.24, 2.45) is 0 Å². The lowest BCUT2D eigenvalue weighted by Gasteiger charge is -2.31. The summed E-state index contributed by atoms with van der Waals surface area (Å²) in [6, 6.07) is 6.97. The van der Waals surface area contributed by atoms with Crippen LogP contribution in [0.15, 0.2) is 30.7 Å². The second-order valence-electron chi connectivity index (χ2n) is 6.22. The zero-order valence-corrected chi connectivity index (χ0v) is 14.6. The number of nitrogens with zero attached hydrogens (tertiary/aromatic N) is 4. The predicted octanol–water partition coefficient (Wildman–Crippen LogP) is 4.19. The first kappa shape index (κ1) is 15.9.